The molecule has 2 atom stereocenters. The van der Waals surface area contributed by atoms with Crippen molar-refractivity contribution < 1.29 is 0 Å². The number of nitriles is 1. The fourth-order valence-corrected chi connectivity index (χ4v) is 2.81. The number of piperazine rings is 1. The van der Waals surface area contributed by atoms with Crippen LogP contribution >= 0.6 is 0 Å². The highest BCUT2D eigenvalue weighted by molar-refractivity contribution is 6.15. The zero-order valence-electron chi connectivity index (χ0n) is 12.2. The van der Waals surface area contributed by atoms with E-state index < -0.39 is 0 Å². The maximum Gasteiger partial charge on any atom is 0.178 e. The first-order valence-electron chi connectivity index (χ1n) is 7.07. The first-order chi connectivity index (χ1) is 10.2. The van der Waals surface area contributed by atoms with E-state index in [1.54, 1.807) is 12.4 Å². The monoisotopic (exact) mass is 285 g/mol. The number of rotatable bonds is 2. The van der Waals surface area contributed by atoms with Gasteiger partial charge < -0.3 is 10.2 Å². The lowest BCUT2D eigenvalue weighted by molar-refractivity contribution is 0.0711. The van der Waals surface area contributed by atoms with Gasteiger partial charge in [-0.2, -0.15) is 10.4 Å². The average Bonchev–Trinajstić information content (AvgIpc) is 3.01. The number of aromatic amines is 1. The summed E-state index contributed by atoms with van der Waals surface area (Å²) in [6.45, 7) is 5.01. The third-order valence-electron chi connectivity index (χ3n) is 3.82. The van der Waals surface area contributed by atoms with Gasteiger partial charge in [0, 0.05) is 50.7 Å². The first-order valence-corrected chi connectivity index (χ1v) is 7.07. The summed E-state index contributed by atoms with van der Waals surface area (Å²) < 4.78 is 0. The number of nitrogens with one attached hydrogen (secondary N) is 2. The van der Waals surface area contributed by atoms with Crippen LogP contribution in [-0.4, -0.2) is 64.7 Å². The summed E-state index contributed by atoms with van der Waals surface area (Å²) in [6.07, 6.45) is 5.27. The summed E-state index contributed by atoms with van der Waals surface area (Å²) in [6, 6.07) is 2.67. The van der Waals surface area contributed by atoms with Crippen LogP contribution < -0.4 is 5.32 Å². The van der Waals surface area contributed by atoms with E-state index in [-0.39, 0.29) is 6.29 Å². The third-order valence-corrected chi connectivity index (χ3v) is 3.82. The molecule has 1 fully saturated rings. The fraction of sp³-hybridized carbons (Fsp3) is 0.500. The highest BCUT2D eigenvalue weighted by Gasteiger charge is 2.29. The molecule has 110 valence electrons. The SMILES string of the molecule is CC1CN(C2N=C(c3cn[nH]c3)C(C#N)=CN2C)CCN1. The van der Waals surface area contributed by atoms with E-state index in [0.717, 1.165) is 25.2 Å². The molecule has 1 aromatic rings. The topological polar surface area (TPSA) is 83.3 Å². The molecule has 21 heavy (non-hydrogen) atoms. The van der Waals surface area contributed by atoms with Crippen LogP contribution in [-0.2, 0) is 0 Å². The van der Waals surface area contributed by atoms with Crippen molar-refractivity contribution in [2.24, 2.45) is 4.99 Å². The zero-order valence-corrected chi connectivity index (χ0v) is 12.2. The van der Waals surface area contributed by atoms with Crippen LogP contribution in [0.25, 0.3) is 0 Å². The first kappa shape index (κ1) is 13.8. The number of allylic oxidation sites excluding steroid dienone is 1. The van der Waals surface area contributed by atoms with Crippen LogP contribution in [0.2, 0.25) is 0 Å². The number of hydrogen-bond acceptors (Lipinski definition) is 6. The Bertz CT molecular complexity index is 595. The second-order valence-electron chi connectivity index (χ2n) is 5.48. The van der Waals surface area contributed by atoms with E-state index in [9.17, 15) is 5.26 Å². The summed E-state index contributed by atoms with van der Waals surface area (Å²) in [4.78, 5) is 9.13. The van der Waals surface area contributed by atoms with Gasteiger partial charge in [0.15, 0.2) is 6.29 Å². The van der Waals surface area contributed by atoms with Crippen molar-refractivity contribution >= 4 is 5.71 Å². The zero-order chi connectivity index (χ0) is 14.8. The Balaban J connectivity index is 1.91. The number of aromatic nitrogens is 2. The molecule has 0 spiro atoms. The van der Waals surface area contributed by atoms with Gasteiger partial charge in [0.25, 0.3) is 0 Å². The molecule has 0 saturated carbocycles. The van der Waals surface area contributed by atoms with Crippen molar-refractivity contribution in [3.8, 4) is 6.07 Å². The fourth-order valence-electron chi connectivity index (χ4n) is 2.81. The van der Waals surface area contributed by atoms with E-state index >= 15 is 0 Å². The minimum Gasteiger partial charge on any atom is -0.346 e. The lowest BCUT2D eigenvalue weighted by Gasteiger charge is -2.41. The summed E-state index contributed by atoms with van der Waals surface area (Å²) >= 11 is 0. The van der Waals surface area contributed by atoms with Gasteiger partial charge >= 0.3 is 0 Å². The molecule has 0 radical (unpaired) electrons. The second-order valence-corrected chi connectivity index (χ2v) is 5.48. The molecule has 2 unspecified atom stereocenters. The van der Waals surface area contributed by atoms with Gasteiger partial charge in [-0.05, 0) is 6.92 Å². The molecule has 0 bridgehead atoms. The lowest BCUT2D eigenvalue weighted by Crippen LogP contribution is -2.56. The van der Waals surface area contributed by atoms with Crippen LogP contribution in [0, 0.1) is 11.3 Å². The number of H-pyrrole nitrogens is 1. The highest BCUT2D eigenvalue weighted by atomic mass is 15.4. The Labute approximate surface area is 123 Å². The molecule has 7 heteroatoms. The molecule has 1 aromatic heterocycles. The predicted octanol–water partition coefficient (Wildman–Crippen LogP) is 0.129. The summed E-state index contributed by atoms with van der Waals surface area (Å²) in [5.74, 6) is 0. The molecule has 2 N–H and O–H groups in total. The number of nitrogens with zero attached hydrogens (tertiary/aromatic N) is 5. The molecule has 3 heterocycles. The summed E-state index contributed by atoms with van der Waals surface area (Å²) in [5, 5.41) is 19.5. The molecule has 2 aliphatic rings. The van der Waals surface area contributed by atoms with E-state index in [2.05, 4.69) is 33.4 Å². The Morgan fingerprint density at radius 3 is 3.00 bits per heavy atom. The Kier molecular flexibility index (Phi) is 3.73. The maximum atomic E-state index is 9.34. The van der Waals surface area contributed by atoms with Crippen LogP contribution in [0.4, 0.5) is 0 Å². The number of hydrogen-bond donors (Lipinski definition) is 2. The van der Waals surface area contributed by atoms with E-state index in [1.807, 2.05) is 18.1 Å². The Morgan fingerprint density at radius 2 is 2.33 bits per heavy atom. The molecule has 2 aliphatic heterocycles. The van der Waals surface area contributed by atoms with Gasteiger partial charge in [0.1, 0.15) is 6.07 Å². The van der Waals surface area contributed by atoms with Gasteiger partial charge in [-0.15, -0.1) is 0 Å². The highest BCUT2D eigenvalue weighted by Crippen LogP contribution is 2.20. The van der Waals surface area contributed by atoms with E-state index in [1.165, 1.54) is 0 Å². The third kappa shape index (κ3) is 2.68. The average molecular weight is 285 g/mol. The Hall–Kier alpha value is -2.17. The predicted molar refractivity (Wildman–Crippen MR) is 79.4 cm³/mol. The molecule has 0 aromatic carbocycles. The van der Waals surface area contributed by atoms with Gasteiger partial charge in [0.05, 0.1) is 17.5 Å². The molecule has 0 amide bonds. The molecular formula is C14H19N7. The van der Waals surface area contributed by atoms with Crippen LogP contribution in [0.3, 0.4) is 0 Å². The smallest absolute Gasteiger partial charge is 0.178 e. The van der Waals surface area contributed by atoms with Crippen molar-refractivity contribution in [1.29, 1.82) is 5.26 Å². The molecule has 7 nitrogen and oxygen atoms in total. The van der Waals surface area contributed by atoms with Gasteiger partial charge in [0.2, 0.25) is 0 Å². The van der Waals surface area contributed by atoms with Crippen LogP contribution in [0.1, 0.15) is 12.5 Å². The van der Waals surface area contributed by atoms with Gasteiger partial charge in [-0.3, -0.25) is 10.00 Å². The van der Waals surface area contributed by atoms with Crippen molar-refractivity contribution in [3.05, 3.63) is 29.7 Å². The molecule has 0 aliphatic carbocycles. The second kappa shape index (κ2) is 5.68. The molecule has 3 rings (SSSR count). The minimum atomic E-state index is -0.0726. The number of aliphatic imine (C=N–C) groups is 1. The van der Waals surface area contributed by atoms with Crippen molar-refractivity contribution in [2.75, 3.05) is 26.7 Å². The van der Waals surface area contributed by atoms with Gasteiger partial charge in [-0.1, -0.05) is 0 Å². The molecule has 1 saturated heterocycles. The quantitative estimate of drug-likeness (QED) is 0.807. The van der Waals surface area contributed by atoms with Crippen molar-refractivity contribution in [2.45, 2.75) is 19.3 Å². The van der Waals surface area contributed by atoms with Crippen molar-refractivity contribution in [3.63, 3.8) is 0 Å². The maximum absolute atomic E-state index is 9.34. The normalized spacial score (nSPS) is 27.0. The molecular weight excluding hydrogens is 266 g/mol. The van der Waals surface area contributed by atoms with Crippen LogP contribution in [0.5, 0.6) is 0 Å². The Morgan fingerprint density at radius 1 is 1.48 bits per heavy atom. The largest absolute Gasteiger partial charge is 0.346 e. The van der Waals surface area contributed by atoms with Crippen molar-refractivity contribution in [1.82, 2.24) is 25.3 Å². The van der Waals surface area contributed by atoms with E-state index in [4.69, 9.17) is 4.99 Å². The van der Waals surface area contributed by atoms with Crippen LogP contribution in [0.15, 0.2) is 29.2 Å². The lowest BCUT2D eigenvalue weighted by atomic mass is 10.1. The van der Waals surface area contributed by atoms with E-state index in [0.29, 0.717) is 17.3 Å². The summed E-state index contributed by atoms with van der Waals surface area (Å²) in [7, 11) is 1.96. The summed E-state index contributed by atoms with van der Waals surface area (Å²) in [5.41, 5.74) is 2.13. The van der Waals surface area contributed by atoms with Gasteiger partial charge in [-0.25, -0.2) is 4.99 Å². The minimum absolute atomic E-state index is 0.0726. The standard InChI is InChI=1S/C14H19N7/c1-10-8-21(4-3-16-10)14-19-13(12-6-17-18-7-12)11(5-15)9-20(14)2/h6-7,9-10,14,16H,3-4,8H2,1-2H3,(H,17,18).